The molecule has 2 heterocycles. The number of amides is 1. The second-order valence-corrected chi connectivity index (χ2v) is 5.60. The number of nitrogens with one attached hydrogen (secondary N) is 1. The normalized spacial score (nSPS) is 16.5. The zero-order valence-corrected chi connectivity index (χ0v) is 12.9. The molecule has 2 rings (SSSR count). The summed E-state index contributed by atoms with van der Waals surface area (Å²) in [5, 5.41) is 2.89. The van der Waals surface area contributed by atoms with E-state index in [9.17, 15) is 18.0 Å². The molecule has 0 bridgehead atoms. The molecule has 0 atom stereocenters. The second kappa shape index (κ2) is 7.01. The Hall–Kier alpha value is -2.06. The average molecular weight is 332 g/mol. The third-order valence-electron chi connectivity index (χ3n) is 3.37. The number of halogens is 3. The van der Waals surface area contributed by atoms with E-state index < -0.39 is 11.9 Å². The van der Waals surface area contributed by atoms with Gasteiger partial charge < -0.3 is 15.0 Å². The van der Waals surface area contributed by atoms with Crippen molar-refractivity contribution in [3.63, 3.8) is 0 Å². The van der Waals surface area contributed by atoms with Crippen molar-refractivity contribution in [2.75, 3.05) is 18.4 Å². The van der Waals surface area contributed by atoms with E-state index in [0.29, 0.717) is 25.9 Å². The van der Waals surface area contributed by atoms with Crippen molar-refractivity contribution in [2.24, 2.45) is 0 Å². The number of aromatic nitrogens is 2. The highest BCUT2D eigenvalue weighted by molar-refractivity contribution is 5.67. The van der Waals surface area contributed by atoms with Crippen LogP contribution in [0.3, 0.4) is 0 Å². The molecule has 1 aliphatic heterocycles. The topological polar surface area (TPSA) is 67.3 Å². The van der Waals surface area contributed by atoms with Gasteiger partial charge in [0.25, 0.3) is 0 Å². The van der Waals surface area contributed by atoms with Gasteiger partial charge in [-0.15, -0.1) is 0 Å². The van der Waals surface area contributed by atoms with Crippen LogP contribution in [0.15, 0.2) is 12.3 Å². The van der Waals surface area contributed by atoms with Crippen LogP contribution < -0.4 is 5.32 Å². The summed E-state index contributed by atoms with van der Waals surface area (Å²) < 4.78 is 43.0. The van der Waals surface area contributed by atoms with Crippen LogP contribution in [0, 0.1) is 0 Å². The van der Waals surface area contributed by atoms with Gasteiger partial charge in [0.1, 0.15) is 5.69 Å². The van der Waals surface area contributed by atoms with Crippen LogP contribution >= 0.6 is 0 Å². The fraction of sp³-hybridized carbons (Fsp3) is 0.643. The summed E-state index contributed by atoms with van der Waals surface area (Å²) in [7, 11) is 0. The highest BCUT2D eigenvalue weighted by Gasteiger charge is 2.33. The van der Waals surface area contributed by atoms with Gasteiger partial charge in [-0.3, -0.25) is 0 Å². The highest BCUT2D eigenvalue weighted by Crippen LogP contribution is 2.27. The van der Waals surface area contributed by atoms with E-state index in [1.54, 1.807) is 18.7 Å². The van der Waals surface area contributed by atoms with E-state index in [4.69, 9.17) is 4.74 Å². The van der Waals surface area contributed by atoms with Gasteiger partial charge in [-0.05, 0) is 32.8 Å². The first-order chi connectivity index (χ1) is 10.8. The van der Waals surface area contributed by atoms with Crippen LogP contribution in [-0.2, 0) is 10.9 Å². The standard InChI is InChI=1S/C14H19F3N4O2/c1-9(2)23-13(22)21-7-4-10(5-8-21)19-12-18-6-3-11(20-12)14(15,16)17/h3,6,9-10H,4-5,7-8H2,1-2H3,(H,18,19,20). The van der Waals surface area contributed by atoms with Gasteiger partial charge in [0.05, 0.1) is 6.10 Å². The second-order valence-electron chi connectivity index (χ2n) is 5.60. The first kappa shape index (κ1) is 17.3. The molecule has 0 saturated carbocycles. The van der Waals surface area contributed by atoms with E-state index in [0.717, 1.165) is 12.3 Å². The Morgan fingerprint density at radius 1 is 1.39 bits per heavy atom. The number of anilines is 1. The SMILES string of the molecule is CC(C)OC(=O)N1CCC(Nc2nccc(C(F)(F)F)n2)CC1. The molecule has 1 aromatic rings. The molecule has 1 aromatic heterocycles. The molecule has 23 heavy (non-hydrogen) atoms. The Labute approximate surface area is 132 Å². The molecule has 0 aromatic carbocycles. The minimum absolute atomic E-state index is 0.0527. The molecule has 0 unspecified atom stereocenters. The molecular weight excluding hydrogens is 313 g/mol. The molecule has 128 valence electrons. The van der Waals surface area contributed by atoms with E-state index in [1.807, 2.05) is 0 Å². The smallest absolute Gasteiger partial charge is 0.433 e. The van der Waals surface area contributed by atoms with Crippen LogP contribution in [0.5, 0.6) is 0 Å². The Kier molecular flexibility index (Phi) is 5.27. The number of hydrogen-bond acceptors (Lipinski definition) is 5. The lowest BCUT2D eigenvalue weighted by molar-refractivity contribution is -0.141. The zero-order valence-electron chi connectivity index (χ0n) is 12.9. The van der Waals surface area contributed by atoms with Gasteiger partial charge in [-0.1, -0.05) is 0 Å². The third-order valence-corrected chi connectivity index (χ3v) is 3.37. The van der Waals surface area contributed by atoms with Gasteiger partial charge in [-0.25, -0.2) is 14.8 Å². The maximum Gasteiger partial charge on any atom is 0.433 e. The quantitative estimate of drug-likeness (QED) is 0.922. The van der Waals surface area contributed by atoms with Crippen molar-refractivity contribution in [3.05, 3.63) is 18.0 Å². The Morgan fingerprint density at radius 2 is 2.04 bits per heavy atom. The van der Waals surface area contributed by atoms with E-state index in [2.05, 4.69) is 15.3 Å². The van der Waals surface area contributed by atoms with E-state index in [-0.39, 0.29) is 24.2 Å². The largest absolute Gasteiger partial charge is 0.447 e. The van der Waals surface area contributed by atoms with E-state index in [1.165, 1.54) is 0 Å². The Balaban J connectivity index is 1.88. The van der Waals surface area contributed by atoms with Crippen molar-refractivity contribution in [3.8, 4) is 0 Å². The van der Waals surface area contributed by atoms with Gasteiger partial charge >= 0.3 is 12.3 Å². The van der Waals surface area contributed by atoms with Crippen LogP contribution in [0.4, 0.5) is 23.9 Å². The van der Waals surface area contributed by atoms with Crippen molar-refractivity contribution in [1.29, 1.82) is 0 Å². The van der Waals surface area contributed by atoms with Crippen LogP contribution in [0.25, 0.3) is 0 Å². The fourth-order valence-corrected chi connectivity index (χ4v) is 2.25. The molecule has 1 amide bonds. The van der Waals surface area contributed by atoms with Crippen molar-refractivity contribution in [2.45, 2.75) is 45.0 Å². The van der Waals surface area contributed by atoms with Crippen LogP contribution in [0.1, 0.15) is 32.4 Å². The molecular formula is C14H19F3N4O2. The van der Waals surface area contributed by atoms with E-state index >= 15 is 0 Å². The number of rotatable bonds is 3. The molecule has 1 aliphatic rings. The summed E-state index contributed by atoms with van der Waals surface area (Å²) in [5.74, 6) is -0.0527. The number of piperidine rings is 1. The highest BCUT2D eigenvalue weighted by atomic mass is 19.4. The molecule has 1 saturated heterocycles. The molecule has 1 N–H and O–H groups in total. The van der Waals surface area contributed by atoms with Crippen molar-refractivity contribution < 1.29 is 22.7 Å². The molecule has 0 aliphatic carbocycles. The number of nitrogens with zero attached hydrogens (tertiary/aromatic N) is 3. The summed E-state index contributed by atoms with van der Waals surface area (Å²) in [4.78, 5) is 20.6. The minimum Gasteiger partial charge on any atom is -0.447 e. The number of carbonyl (C=O) groups is 1. The summed E-state index contributed by atoms with van der Waals surface area (Å²) in [5.41, 5.74) is -0.979. The molecule has 1 fully saturated rings. The number of ether oxygens (including phenoxy) is 1. The van der Waals surface area contributed by atoms with Gasteiger partial charge in [0.2, 0.25) is 5.95 Å². The number of hydrogen-bond donors (Lipinski definition) is 1. The number of alkyl halides is 3. The predicted molar refractivity (Wildman–Crippen MR) is 76.9 cm³/mol. The van der Waals surface area contributed by atoms with Gasteiger partial charge in [0.15, 0.2) is 0 Å². The number of carbonyl (C=O) groups excluding carboxylic acids is 1. The predicted octanol–water partition coefficient (Wildman–Crippen LogP) is 2.92. The number of likely N-dealkylation sites (tertiary alicyclic amines) is 1. The van der Waals surface area contributed by atoms with Gasteiger partial charge in [0, 0.05) is 25.3 Å². The third kappa shape index (κ3) is 4.97. The first-order valence-corrected chi connectivity index (χ1v) is 7.38. The summed E-state index contributed by atoms with van der Waals surface area (Å²) in [6.07, 6.45) is -2.79. The summed E-state index contributed by atoms with van der Waals surface area (Å²) >= 11 is 0. The van der Waals surface area contributed by atoms with Crippen LogP contribution in [-0.4, -0.2) is 46.2 Å². The summed E-state index contributed by atoms with van der Waals surface area (Å²) in [6, 6.07) is 0.747. The zero-order chi connectivity index (χ0) is 17.0. The van der Waals surface area contributed by atoms with Crippen molar-refractivity contribution in [1.82, 2.24) is 14.9 Å². The van der Waals surface area contributed by atoms with Crippen molar-refractivity contribution >= 4 is 12.0 Å². The molecule has 9 heteroatoms. The molecule has 0 spiro atoms. The maximum absolute atomic E-state index is 12.6. The molecule has 6 nitrogen and oxygen atoms in total. The fourth-order valence-electron chi connectivity index (χ4n) is 2.25. The lowest BCUT2D eigenvalue weighted by Gasteiger charge is -2.32. The maximum atomic E-state index is 12.6. The Morgan fingerprint density at radius 3 is 2.61 bits per heavy atom. The summed E-state index contributed by atoms with van der Waals surface area (Å²) in [6.45, 7) is 4.50. The average Bonchev–Trinajstić information content (AvgIpc) is 2.46. The first-order valence-electron chi connectivity index (χ1n) is 7.38. The molecule has 0 radical (unpaired) electrons. The van der Waals surface area contributed by atoms with Crippen LogP contribution in [0.2, 0.25) is 0 Å². The lowest BCUT2D eigenvalue weighted by Crippen LogP contribution is -2.43. The lowest BCUT2D eigenvalue weighted by atomic mass is 10.1. The minimum atomic E-state index is -4.50. The van der Waals surface area contributed by atoms with Gasteiger partial charge in [-0.2, -0.15) is 13.2 Å². The Bertz CT molecular complexity index is 543. The monoisotopic (exact) mass is 332 g/mol.